The zero-order valence-electron chi connectivity index (χ0n) is 11.1. The first-order chi connectivity index (χ1) is 8.11. The van der Waals surface area contributed by atoms with Crippen molar-refractivity contribution in [3.8, 4) is 0 Å². The SMILES string of the molecule is CCCN1CCc2c(Cl)cc(C(C)C)cc2C1. The first-order valence-corrected chi connectivity index (χ1v) is 7.03. The van der Waals surface area contributed by atoms with Crippen LogP contribution in [-0.4, -0.2) is 18.0 Å². The van der Waals surface area contributed by atoms with Gasteiger partial charge in [-0.15, -0.1) is 0 Å². The number of benzene rings is 1. The number of hydrogen-bond acceptors (Lipinski definition) is 1. The molecule has 17 heavy (non-hydrogen) atoms. The van der Waals surface area contributed by atoms with E-state index in [1.54, 1.807) is 0 Å². The predicted octanol–water partition coefficient (Wildman–Crippen LogP) is 4.23. The first-order valence-electron chi connectivity index (χ1n) is 6.65. The van der Waals surface area contributed by atoms with Crippen LogP contribution in [0.5, 0.6) is 0 Å². The smallest absolute Gasteiger partial charge is 0.0444 e. The Morgan fingerprint density at radius 3 is 2.76 bits per heavy atom. The van der Waals surface area contributed by atoms with Crippen LogP contribution in [0.4, 0.5) is 0 Å². The lowest BCUT2D eigenvalue weighted by Crippen LogP contribution is -2.31. The van der Waals surface area contributed by atoms with Crippen molar-refractivity contribution in [2.75, 3.05) is 13.1 Å². The van der Waals surface area contributed by atoms with Crippen LogP contribution < -0.4 is 0 Å². The summed E-state index contributed by atoms with van der Waals surface area (Å²) >= 11 is 6.40. The molecule has 0 bridgehead atoms. The molecule has 0 unspecified atom stereocenters. The first kappa shape index (κ1) is 12.9. The molecule has 0 atom stereocenters. The van der Waals surface area contributed by atoms with Crippen LogP contribution in [0.3, 0.4) is 0 Å². The van der Waals surface area contributed by atoms with Crippen LogP contribution in [0.1, 0.15) is 49.8 Å². The molecule has 0 radical (unpaired) electrons. The summed E-state index contributed by atoms with van der Waals surface area (Å²) < 4.78 is 0. The molecule has 1 nitrogen and oxygen atoms in total. The van der Waals surface area contributed by atoms with Gasteiger partial charge in [-0.1, -0.05) is 38.4 Å². The fourth-order valence-electron chi connectivity index (χ4n) is 2.57. The van der Waals surface area contributed by atoms with Gasteiger partial charge in [-0.2, -0.15) is 0 Å². The van der Waals surface area contributed by atoms with Gasteiger partial charge in [0.25, 0.3) is 0 Å². The molecule has 0 amide bonds. The van der Waals surface area contributed by atoms with Crippen molar-refractivity contribution in [2.45, 2.75) is 46.1 Å². The van der Waals surface area contributed by atoms with Gasteiger partial charge >= 0.3 is 0 Å². The maximum Gasteiger partial charge on any atom is 0.0444 e. The number of rotatable bonds is 3. The van der Waals surface area contributed by atoms with Crippen LogP contribution >= 0.6 is 11.6 Å². The van der Waals surface area contributed by atoms with E-state index >= 15 is 0 Å². The Bertz CT molecular complexity index is 398. The van der Waals surface area contributed by atoms with E-state index in [1.807, 2.05) is 0 Å². The van der Waals surface area contributed by atoms with E-state index < -0.39 is 0 Å². The molecule has 94 valence electrons. The van der Waals surface area contributed by atoms with Crippen molar-refractivity contribution in [3.63, 3.8) is 0 Å². The van der Waals surface area contributed by atoms with Crippen LogP contribution in [0.2, 0.25) is 5.02 Å². The van der Waals surface area contributed by atoms with Crippen molar-refractivity contribution < 1.29 is 0 Å². The normalized spacial score (nSPS) is 16.3. The molecule has 1 heterocycles. The fraction of sp³-hybridized carbons (Fsp3) is 0.600. The number of hydrogen-bond donors (Lipinski definition) is 0. The lowest BCUT2D eigenvalue weighted by Gasteiger charge is -2.29. The molecular weight excluding hydrogens is 230 g/mol. The van der Waals surface area contributed by atoms with E-state index in [2.05, 4.69) is 37.8 Å². The Balaban J connectivity index is 2.29. The monoisotopic (exact) mass is 251 g/mol. The van der Waals surface area contributed by atoms with Gasteiger partial charge in [0, 0.05) is 18.1 Å². The van der Waals surface area contributed by atoms with Crippen LogP contribution in [0, 0.1) is 0 Å². The van der Waals surface area contributed by atoms with Gasteiger partial charge in [-0.25, -0.2) is 0 Å². The van der Waals surface area contributed by atoms with Crippen molar-refractivity contribution in [1.82, 2.24) is 4.90 Å². The third-order valence-corrected chi connectivity index (χ3v) is 3.93. The van der Waals surface area contributed by atoms with E-state index in [9.17, 15) is 0 Å². The topological polar surface area (TPSA) is 3.24 Å². The minimum Gasteiger partial charge on any atom is -0.299 e. The maximum absolute atomic E-state index is 6.40. The summed E-state index contributed by atoms with van der Waals surface area (Å²) in [6.45, 7) is 10.1. The summed E-state index contributed by atoms with van der Waals surface area (Å²) in [5.74, 6) is 0.555. The van der Waals surface area contributed by atoms with Gasteiger partial charge < -0.3 is 0 Å². The van der Waals surface area contributed by atoms with Gasteiger partial charge in [0.15, 0.2) is 0 Å². The molecule has 2 rings (SSSR count). The molecule has 2 heteroatoms. The summed E-state index contributed by atoms with van der Waals surface area (Å²) in [6.07, 6.45) is 2.33. The molecule has 1 aromatic rings. The molecule has 1 aliphatic heterocycles. The van der Waals surface area contributed by atoms with Crippen LogP contribution in [0.15, 0.2) is 12.1 Å². The van der Waals surface area contributed by atoms with Gasteiger partial charge in [0.1, 0.15) is 0 Å². The summed E-state index contributed by atoms with van der Waals surface area (Å²) in [4.78, 5) is 2.53. The van der Waals surface area contributed by atoms with Gasteiger partial charge in [-0.05, 0) is 48.1 Å². The van der Waals surface area contributed by atoms with E-state index in [0.717, 1.165) is 24.5 Å². The van der Waals surface area contributed by atoms with Gasteiger partial charge in [0.05, 0.1) is 0 Å². The Morgan fingerprint density at radius 1 is 1.35 bits per heavy atom. The quantitative estimate of drug-likeness (QED) is 0.777. The average Bonchev–Trinajstić information content (AvgIpc) is 2.28. The largest absolute Gasteiger partial charge is 0.299 e. The third kappa shape index (κ3) is 2.83. The maximum atomic E-state index is 6.40. The fourth-order valence-corrected chi connectivity index (χ4v) is 2.91. The lowest BCUT2D eigenvalue weighted by molar-refractivity contribution is 0.254. The second-order valence-corrected chi connectivity index (χ2v) is 5.73. The molecule has 0 aliphatic carbocycles. The highest BCUT2D eigenvalue weighted by atomic mass is 35.5. The molecule has 1 aliphatic rings. The molecule has 0 saturated heterocycles. The molecule has 0 aromatic heterocycles. The standard InChI is InChI=1S/C15H22ClN/c1-4-6-17-7-5-14-13(10-17)8-12(11(2)3)9-15(14)16/h8-9,11H,4-7,10H2,1-3H3. The predicted molar refractivity (Wildman–Crippen MR) is 74.8 cm³/mol. The number of nitrogens with zero attached hydrogens (tertiary/aromatic N) is 1. The van der Waals surface area contributed by atoms with E-state index in [0.29, 0.717) is 5.92 Å². The highest BCUT2D eigenvalue weighted by molar-refractivity contribution is 6.31. The van der Waals surface area contributed by atoms with Gasteiger partial charge in [-0.3, -0.25) is 4.90 Å². The minimum atomic E-state index is 0.555. The Labute approximate surface area is 110 Å². The molecule has 1 aromatic carbocycles. The highest BCUT2D eigenvalue weighted by Gasteiger charge is 2.19. The molecule has 0 N–H and O–H groups in total. The summed E-state index contributed by atoms with van der Waals surface area (Å²) in [7, 11) is 0. The summed E-state index contributed by atoms with van der Waals surface area (Å²) in [6, 6.07) is 4.51. The minimum absolute atomic E-state index is 0.555. The summed E-state index contributed by atoms with van der Waals surface area (Å²) in [5.41, 5.74) is 4.19. The second kappa shape index (κ2) is 5.41. The molecule has 0 saturated carbocycles. The molecular formula is C15H22ClN. The van der Waals surface area contributed by atoms with Crippen LogP contribution in [0.25, 0.3) is 0 Å². The number of halogens is 1. The van der Waals surface area contributed by atoms with E-state index in [4.69, 9.17) is 11.6 Å². The lowest BCUT2D eigenvalue weighted by atomic mass is 9.93. The number of fused-ring (bicyclic) bond motifs is 1. The zero-order valence-corrected chi connectivity index (χ0v) is 11.8. The van der Waals surface area contributed by atoms with Gasteiger partial charge in [0.2, 0.25) is 0 Å². The van der Waals surface area contributed by atoms with Crippen molar-refractivity contribution in [2.24, 2.45) is 0 Å². The van der Waals surface area contributed by atoms with Crippen LogP contribution in [-0.2, 0) is 13.0 Å². The third-order valence-electron chi connectivity index (χ3n) is 3.59. The van der Waals surface area contributed by atoms with E-state index in [-0.39, 0.29) is 0 Å². The Hall–Kier alpha value is -0.530. The highest BCUT2D eigenvalue weighted by Crippen LogP contribution is 2.30. The Morgan fingerprint density at radius 2 is 2.12 bits per heavy atom. The van der Waals surface area contributed by atoms with Crippen molar-refractivity contribution in [1.29, 1.82) is 0 Å². The van der Waals surface area contributed by atoms with E-state index in [1.165, 1.54) is 29.7 Å². The van der Waals surface area contributed by atoms with Crippen molar-refractivity contribution >= 4 is 11.6 Å². The average molecular weight is 252 g/mol. The Kier molecular flexibility index (Phi) is 4.11. The zero-order chi connectivity index (χ0) is 12.4. The second-order valence-electron chi connectivity index (χ2n) is 5.32. The molecule has 0 spiro atoms. The van der Waals surface area contributed by atoms with Crippen molar-refractivity contribution in [3.05, 3.63) is 33.8 Å². The molecule has 0 fully saturated rings. The summed E-state index contributed by atoms with van der Waals surface area (Å²) in [5, 5.41) is 0.974.